The van der Waals surface area contributed by atoms with Crippen molar-refractivity contribution in [2.75, 3.05) is 19.6 Å². The van der Waals surface area contributed by atoms with Gasteiger partial charge in [-0.1, -0.05) is 5.92 Å². The van der Waals surface area contributed by atoms with Crippen LogP contribution in [0.2, 0.25) is 0 Å². The first-order valence-corrected chi connectivity index (χ1v) is 6.21. The summed E-state index contributed by atoms with van der Waals surface area (Å²) in [4.78, 5) is 2.70. The molecule has 2 saturated carbocycles. The fraction of sp³-hybridized carbons (Fsp3) is 0.846. The van der Waals surface area contributed by atoms with E-state index in [1.165, 1.54) is 32.2 Å². The molecule has 2 heteroatoms. The van der Waals surface area contributed by atoms with Gasteiger partial charge < -0.3 is 5.32 Å². The number of nitrogens with one attached hydrogen (secondary N) is 1. The Morgan fingerprint density at radius 1 is 1.40 bits per heavy atom. The first-order valence-electron chi connectivity index (χ1n) is 6.21. The van der Waals surface area contributed by atoms with E-state index in [0.717, 1.165) is 18.5 Å². The van der Waals surface area contributed by atoms with Crippen molar-refractivity contribution in [3.05, 3.63) is 0 Å². The monoisotopic (exact) mass is 206 g/mol. The van der Waals surface area contributed by atoms with E-state index in [9.17, 15) is 0 Å². The molecular weight excluding hydrogens is 184 g/mol. The molecule has 2 nitrogen and oxygen atoms in total. The van der Waals surface area contributed by atoms with E-state index in [1.807, 2.05) is 0 Å². The Bertz CT molecular complexity index is 235. The smallest absolute Gasteiger partial charge is 0.0574 e. The first kappa shape index (κ1) is 11.0. The van der Waals surface area contributed by atoms with Crippen molar-refractivity contribution in [3.63, 3.8) is 0 Å². The van der Waals surface area contributed by atoms with Crippen LogP contribution < -0.4 is 5.32 Å². The van der Waals surface area contributed by atoms with Crippen molar-refractivity contribution in [1.29, 1.82) is 0 Å². The van der Waals surface area contributed by atoms with Crippen LogP contribution in [0, 0.1) is 18.3 Å². The zero-order valence-corrected chi connectivity index (χ0v) is 9.71. The number of nitrogens with zero attached hydrogens (tertiary/aromatic N) is 1. The van der Waals surface area contributed by atoms with Crippen LogP contribution in [-0.4, -0.2) is 36.6 Å². The van der Waals surface area contributed by atoms with Gasteiger partial charge in [0.15, 0.2) is 0 Å². The Kier molecular flexibility index (Phi) is 3.66. The van der Waals surface area contributed by atoms with Gasteiger partial charge in [0, 0.05) is 25.2 Å². The third-order valence-electron chi connectivity index (χ3n) is 3.41. The summed E-state index contributed by atoms with van der Waals surface area (Å²) >= 11 is 0. The predicted octanol–water partition coefficient (Wildman–Crippen LogP) is 1.47. The molecule has 0 aromatic heterocycles. The average Bonchev–Trinajstić information content (AvgIpc) is 3.06. The maximum Gasteiger partial charge on any atom is 0.0574 e. The quantitative estimate of drug-likeness (QED) is 0.501. The molecule has 0 aliphatic heterocycles. The van der Waals surface area contributed by atoms with Crippen LogP contribution in [0.15, 0.2) is 0 Å². The SMILES string of the molecule is C#CCNCC(C)N(CC1CC1)C1CC1. The van der Waals surface area contributed by atoms with E-state index in [0.29, 0.717) is 12.6 Å². The van der Waals surface area contributed by atoms with E-state index in [1.54, 1.807) is 0 Å². The van der Waals surface area contributed by atoms with E-state index in [4.69, 9.17) is 6.42 Å². The molecule has 0 aromatic carbocycles. The molecule has 0 saturated heterocycles. The average molecular weight is 206 g/mol. The van der Waals surface area contributed by atoms with Crippen LogP contribution in [0.25, 0.3) is 0 Å². The Hall–Kier alpha value is -0.520. The van der Waals surface area contributed by atoms with E-state index in [2.05, 4.69) is 23.1 Å². The summed E-state index contributed by atoms with van der Waals surface area (Å²) < 4.78 is 0. The Labute approximate surface area is 93.4 Å². The predicted molar refractivity (Wildman–Crippen MR) is 63.6 cm³/mol. The molecule has 0 amide bonds. The van der Waals surface area contributed by atoms with Crippen molar-refractivity contribution in [1.82, 2.24) is 10.2 Å². The highest BCUT2D eigenvalue weighted by atomic mass is 15.2. The molecule has 2 fully saturated rings. The van der Waals surface area contributed by atoms with Crippen molar-refractivity contribution in [2.24, 2.45) is 5.92 Å². The summed E-state index contributed by atoms with van der Waals surface area (Å²) in [6.07, 6.45) is 10.9. The van der Waals surface area contributed by atoms with Gasteiger partial charge in [-0.3, -0.25) is 4.90 Å². The van der Waals surface area contributed by atoms with Gasteiger partial charge in [0.05, 0.1) is 6.54 Å². The molecule has 84 valence electrons. The molecule has 15 heavy (non-hydrogen) atoms. The molecule has 0 bridgehead atoms. The zero-order valence-electron chi connectivity index (χ0n) is 9.71. The van der Waals surface area contributed by atoms with Gasteiger partial charge in [0.2, 0.25) is 0 Å². The Morgan fingerprint density at radius 2 is 2.13 bits per heavy atom. The van der Waals surface area contributed by atoms with Crippen LogP contribution in [0.1, 0.15) is 32.6 Å². The molecule has 0 spiro atoms. The van der Waals surface area contributed by atoms with Gasteiger partial charge in [0.25, 0.3) is 0 Å². The maximum absolute atomic E-state index is 5.23. The lowest BCUT2D eigenvalue weighted by Crippen LogP contribution is -2.43. The minimum absolute atomic E-state index is 0.645. The van der Waals surface area contributed by atoms with Gasteiger partial charge in [-0.25, -0.2) is 0 Å². The van der Waals surface area contributed by atoms with Gasteiger partial charge >= 0.3 is 0 Å². The number of hydrogen-bond donors (Lipinski definition) is 1. The first-order chi connectivity index (χ1) is 7.31. The Balaban J connectivity index is 1.72. The molecule has 2 aliphatic carbocycles. The van der Waals surface area contributed by atoms with Crippen LogP contribution in [0.3, 0.4) is 0 Å². The lowest BCUT2D eigenvalue weighted by atomic mass is 10.2. The van der Waals surface area contributed by atoms with Crippen LogP contribution in [-0.2, 0) is 0 Å². The molecule has 1 unspecified atom stereocenters. The topological polar surface area (TPSA) is 15.3 Å². The van der Waals surface area contributed by atoms with E-state index >= 15 is 0 Å². The van der Waals surface area contributed by atoms with Crippen LogP contribution in [0.5, 0.6) is 0 Å². The summed E-state index contributed by atoms with van der Waals surface area (Å²) in [5.41, 5.74) is 0. The van der Waals surface area contributed by atoms with Crippen LogP contribution in [0.4, 0.5) is 0 Å². The minimum Gasteiger partial charge on any atom is -0.305 e. The summed E-state index contributed by atoms with van der Waals surface area (Å²) in [7, 11) is 0. The standard InChI is InChI=1S/C13H22N2/c1-3-8-14-9-11(2)15(13-6-7-13)10-12-4-5-12/h1,11-14H,4-10H2,2H3. The van der Waals surface area contributed by atoms with Crippen molar-refractivity contribution < 1.29 is 0 Å². The van der Waals surface area contributed by atoms with Crippen molar-refractivity contribution >= 4 is 0 Å². The third kappa shape index (κ3) is 3.52. The highest BCUT2D eigenvalue weighted by molar-refractivity contribution is 4.92. The lowest BCUT2D eigenvalue weighted by molar-refractivity contribution is 0.187. The number of rotatable bonds is 7. The number of hydrogen-bond acceptors (Lipinski definition) is 2. The molecule has 1 N–H and O–H groups in total. The molecule has 0 heterocycles. The second-order valence-electron chi connectivity index (χ2n) is 5.06. The molecule has 2 aliphatic rings. The van der Waals surface area contributed by atoms with E-state index in [-0.39, 0.29) is 0 Å². The van der Waals surface area contributed by atoms with Gasteiger partial charge in [-0.2, -0.15) is 0 Å². The molecule has 0 aromatic rings. The fourth-order valence-corrected chi connectivity index (χ4v) is 2.16. The largest absolute Gasteiger partial charge is 0.305 e. The molecule has 0 radical (unpaired) electrons. The second kappa shape index (κ2) is 5.01. The summed E-state index contributed by atoms with van der Waals surface area (Å²) in [5, 5.41) is 3.31. The second-order valence-corrected chi connectivity index (χ2v) is 5.06. The summed E-state index contributed by atoms with van der Waals surface area (Å²) in [6.45, 7) is 5.38. The van der Waals surface area contributed by atoms with Crippen molar-refractivity contribution in [2.45, 2.75) is 44.7 Å². The zero-order chi connectivity index (χ0) is 10.7. The minimum atomic E-state index is 0.645. The normalized spacial score (nSPS) is 22.7. The summed E-state index contributed by atoms with van der Waals surface area (Å²) in [5.74, 6) is 3.63. The molecule has 2 rings (SSSR count). The number of terminal acetylenes is 1. The van der Waals surface area contributed by atoms with Gasteiger partial charge in [-0.05, 0) is 38.5 Å². The maximum atomic E-state index is 5.23. The highest BCUT2D eigenvalue weighted by Gasteiger charge is 2.35. The van der Waals surface area contributed by atoms with Gasteiger partial charge in [0.1, 0.15) is 0 Å². The van der Waals surface area contributed by atoms with Crippen LogP contribution >= 0.6 is 0 Å². The third-order valence-corrected chi connectivity index (χ3v) is 3.41. The van der Waals surface area contributed by atoms with Crippen molar-refractivity contribution in [3.8, 4) is 12.3 Å². The molecule has 1 atom stereocenters. The van der Waals surface area contributed by atoms with Gasteiger partial charge in [-0.15, -0.1) is 6.42 Å². The summed E-state index contributed by atoms with van der Waals surface area (Å²) in [6, 6.07) is 1.53. The fourth-order valence-electron chi connectivity index (χ4n) is 2.16. The Morgan fingerprint density at radius 3 is 2.67 bits per heavy atom. The van der Waals surface area contributed by atoms with E-state index < -0.39 is 0 Å². The highest BCUT2D eigenvalue weighted by Crippen LogP contribution is 2.35. The lowest BCUT2D eigenvalue weighted by Gasteiger charge is -2.29. The molecular formula is C13H22N2.